The summed E-state index contributed by atoms with van der Waals surface area (Å²) in [5.41, 5.74) is 2.99. The summed E-state index contributed by atoms with van der Waals surface area (Å²) in [5.74, 6) is 0.709. The smallest absolute Gasteiger partial charge is 0.220 e. The first kappa shape index (κ1) is 18.3. The molecule has 2 aromatic rings. The Bertz CT molecular complexity index is 754. The number of carbonyl (C=O) groups excluding carboxylic acids is 1. The van der Waals surface area contributed by atoms with Crippen LogP contribution in [0.1, 0.15) is 12.0 Å². The highest BCUT2D eigenvalue weighted by molar-refractivity contribution is 5.75. The number of benzene rings is 1. The molecular weight excluding hydrogens is 332 g/mol. The summed E-state index contributed by atoms with van der Waals surface area (Å²) in [7, 11) is 3.27. The van der Waals surface area contributed by atoms with Crippen LogP contribution in [0, 0.1) is 5.92 Å². The van der Waals surface area contributed by atoms with E-state index >= 15 is 0 Å². The van der Waals surface area contributed by atoms with Crippen molar-refractivity contribution in [2.24, 2.45) is 5.92 Å². The molecule has 1 fully saturated rings. The Morgan fingerprint density at radius 3 is 2.77 bits per heavy atom. The molecule has 1 aliphatic rings. The third-order valence-electron chi connectivity index (χ3n) is 4.78. The molecule has 26 heavy (non-hydrogen) atoms. The van der Waals surface area contributed by atoms with Crippen LogP contribution in [0.25, 0.3) is 11.1 Å². The van der Waals surface area contributed by atoms with E-state index in [1.54, 1.807) is 26.6 Å². The molecule has 3 rings (SSSR count). The quantitative estimate of drug-likeness (QED) is 0.805. The molecule has 0 unspecified atom stereocenters. The van der Waals surface area contributed by atoms with Gasteiger partial charge in [0.2, 0.25) is 5.91 Å². The molecule has 0 bridgehead atoms. The number of carbonyl (C=O) groups is 1. The monoisotopic (exact) mass is 356 g/mol. The van der Waals surface area contributed by atoms with E-state index < -0.39 is 6.10 Å². The Labute approximate surface area is 153 Å². The molecule has 2 atom stereocenters. The number of rotatable bonds is 6. The maximum absolute atomic E-state index is 11.6. The van der Waals surface area contributed by atoms with Crippen molar-refractivity contribution in [3.63, 3.8) is 0 Å². The Hall–Kier alpha value is -2.51. The molecule has 1 aromatic heterocycles. The van der Waals surface area contributed by atoms with E-state index in [0.29, 0.717) is 26.1 Å². The lowest BCUT2D eigenvalue weighted by Crippen LogP contribution is -2.27. The number of aliphatic hydroxyl groups excluding tert-OH is 1. The second kappa shape index (κ2) is 8.25. The lowest BCUT2D eigenvalue weighted by molar-refractivity contribution is -0.122. The number of hydrogen-bond donors (Lipinski definition) is 2. The summed E-state index contributed by atoms with van der Waals surface area (Å²) in [5, 5.41) is 12.9. The molecule has 0 aliphatic carbocycles. The van der Waals surface area contributed by atoms with Crippen LogP contribution < -0.4 is 10.1 Å². The molecule has 0 spiro atoms. The molecule has 7 heteroatoms. The first-order valence-electron chi connectivity index (χ1n) is 8.64. The molecule has 1 aliphatic heterocycles. The average molecular weight is 356 g/mol. The largest absolute Gasteiger partial charge is 0.496 e. The zero-order valence-corrected chi connectivity index (χ0v) is 15.1. The Morgan fingerprint density at radius 1 is 1.31 bits per heavy atom. The summed E-state index contributed by atoms with van der Waals surface area (Å²) >= 11 is 0. The Morgan fingerprint density at radius 2 is 2.08 bits per heavy atom. The van der Waals surface area contributed by atoms with Gasteiger partial charge in [-0.05, 0) is 17.7 Å². The Balaban J connectivity index is 1.76. The summed E-state index contributed by atoms with van der Waals surface area (Å²) in [6.45, 7) is 1.87. The molecule has 1 saturated heterocycles. The van der Waals surface area contributed by atoms with Crippen molar-refractivity contribution in [2.45, 2.75) is 19.1 Å². The van der Waals surface area contributed by atoms with Crippen LogP contribution in [-0.4, -0.2) is 59.2 Å². The second-order valence-electron chi connectivity index (χ2n) is 6.55. The first-order chi connectivity index (χ1) is 12.6. The number of methoxy groups -OCH3 is 1. The van der Waals surface area contributed by atoms with Crippen molar-refractivity contribution in [3.8, 4) is 16.9 Å². The number of nitrogens with one attached hydrogen (secondary N) is 1. The van der Waals surface area contributed by atoms with Crippen LogP contribution in [0.5, 0.6) is 5.75 Å². The first-order valence-corrected chi connectivity index (χ1v) is 8.64. The van der Waals surface area contributed by atoms with Gasteiger partial charge in [0.25, 0.3) is 0 Å². The molecule has 0 saturated carbocycles. The summed E-state index contributed by atoms with van der Waals surface area (Å²) in [6, 6.07) is 5.98. The maximum Gasteiger partial charge on any atom is 0.220 e. The van der Waals surface area contributed by atoms with E-state index in [1.165, 1.54) is 6.33 Å². The van der Waals surface area contributed by atoms with Gasteiger partial charge < -0.3 is 15.2 Å². The van der Waals surface area contributed by atoms with Gasteiger partial charge in [-0.25, -0.2) is 9.97 Å². The number of ether oxygens (including phenoxy) is 1. The van der Waals surface area contributed by atoms with E-state index in [-0.39, 0.29) is 11.8 Å². The summed E-state index contributed by atoms with van der Waals surface area (Å²) in [4.78, 5) is 21.9. The van der Waals surface area contributed by atoms with E-state index in [9.17, 15) is 9.90 Å². The SMILES string of the molecule is CNC(=O)C[C@@H]1CN(Cc2cc(-c3cncnc3)ccc2OC)C[C@H]1O. The van der Waals surface area contributed by atoms with Gasteiger partial charge in [0.15, 0.2) is 0 Å². The predicted molar refractivity (Wildman–Crippen MR) is 97.5 cm³/mol. The number of aromatic nitrogens is 2. The van der Waals surface area contributed by atoms with Crippen LogP contribution >= 0.6 is 0 Å². The molecule has 1 aromatic carbocycles. The predicted octanol–water partition coefficient (Wildman–Crippen LogP) is 1.08. The third kappa shape index (κ3) is 4.17. The topological polar surface area (TPSA) is 87.6 Å². The van der Waals surface area contributed by atoms with Crippen molar-refractivity contribution in [3.05, 3.63) is 42.5 Å². The van der Waals surface area contributed by atoms with Crippen LogP contribution in [0.4, 0.5) is 0 Å². The Kier molecular flexibility index (Phi) is 5.80. The maximum atomic E-state index is 11.6. The minimum Gasteiger partial charge on any atom is -0.496 e. The molecule has 2 heterocycles. The number of amides is 1. The molecular formula is C19H24N4O3. The molecule has 7 nitrogen and oxygen atoms in total. The van der Waals surface area contributed by atoms with Crippen molar-refractivity contribution >= 4 is 5.91 Å². The highest BCUT2D eigenvalue weighted by atomic mass is 16.5. The van der Waals surface area contributed by atoms with E-state index in [2.05, 4.69) is 26.3 Å². The van der Waals surface area contributed by atoms with Crippen LogP contribution in [0.3, 0.4) is 0 Å². The number of aliphatic hydroxyl groups is 1. The lowest BCUT2D eigenvalue weighted by atomic mass is 10.0. The minimum absolute atomic E-state index is 0.0421. The van der Waals surface area contributed by atoms with Gasteiger partial charge in [0.1, 0.15) is 12.1 Å². The number of likely N-dealkylation sites (tertiary alicyclic amines) is 1. The van der Waals surface area contributed by atoms with Gasteiger partial charge in [-0.15, -0.1) is 0 Å². The second-order valence-corrected chi connectivity index (χ2v) is 6.55. The molecule has 0 radical (unpaired) electrons. The van der Waals surface area contributed by atoms with Crippen molar-refractivity contribution in [1.82, 2.24) is 20.2 Å². The highest BCUT2D eigenvalue weighted by Crippen LogP contribution is 2.29. The normalized spacial score (nSPS) is 20.1. The standard InChI is InChI=1S/C19H24N4O3/c1-20-19(25)6-14-9-23(11-17(14)24)10-15-5-13(3-4-18(15)26-2)16-7-21-12-22-8-16/h3-5,7-8,12,14,17,24H,6,9-11H2,1-2H3,(H,20,25)/t14-,17-/m1/s1. The average Bonchev–Trinajstić information content (AvgIpc) is 3.01. The highest BCUT2D eigenvalue weighted by Gasteiger charge is 2.32. The van der Waals surface area contributed by atoms with Crippen molar-refractivity contribution < 1.29 is 14.6 Å². The molecule has 1 amide bonds. The zero-order valence-electron chi connectivity index (χ0n) is 15.1. The van der Waals surface area contributed by atoms with Crippen LogP contribution in [0.15, 0.2) is 36.9 Å². The van der Waals surface area contributed by atoms with Crippen LogP contribution in [0.2, 0.25) is 0 Å². The van der Waals surface area contributed by atoms with Crippen molar-refractivity contribution in [2.75, 3.05) is 27.2 Å². The number of β-amino-alcohol motifs (C(OH)–C–C–N with tert-alkyl or cyclic N) is 1. The van der Waals surface area contributed by atoms with E-state index in [4.69, 9.17) is 4.74 Å². The summed E-state index contributed by atoms with van der Waals surface area (Å²) in [6.07, 6.45) is 4.90. The minimum atomic E-state index is -0.496. The van der Waals surface area contributed by atoms with Gasteiger partial charge in [0.05, 0.1) is 13.2 Å². The van der Waals surface area contributed by atoms with E-state index in [1.807, 2.05) is 12.1 Å². The summed E-state index contributed by atoms with van der Waals surface area (Å²) < 4.78 is 5.50. The van der Waals surface area contributed by atoms with E-state index in [0.717, 1.165) is 22.4 Å². The fourth-order valence-corrected chi connectivity index (χ4v) is 3.38. The fraction of sp³-hybridized carbons (Fsp3) is 0.421. The molecule has 2 N–H and O–H groups in total. The number of nitrogens with zero attached hydrogens (tertiary/aromatic N) is 3. The van der Waals surface area contributed by atoms with Gasteiger partial charge in [0, 0.05) is 62.5 Å². The van der Waals surface area contributed by atoms with Gasteiger partial charge >= 0.3 is 0 Å². The van der Waals surface area contributed by atoms with Crippen LogP contribution in [-0.2, 0) is 11.3 Å². The zero-order chi connectivity index (χ0) is 18.5. The van der Waals surface area contributed by atoms with Crippen molar-refractivity contribution in [1.29, 1.82) is 0 Å². The molecule has 138 valence electrons. The lowest BCUT2D eigenvalue weighted by Gasteiger charge is -2.18. The van der Waals surface area contributed by atoms with Gasteiger partial charge in [-0.3, -0.25) is 9.69 Å². The fourth-order valence-electron chi connectivity index (χ4n) is 3.38. The van der Waals surface area contributed by atoms with Gasteiger partial charge in [-0.1, -0.05) is 6.07 Å². The van der Waals surface area contributed by atoms with Gasteiger partial charge in [-0.2, -0.15) is 0 Å². The third-order valence-corrected chi connectivity index (χ3v) is 4.78. The number of hydrogen-bond acceptors (Lipinski definition) is 6.